The molecule has 0 aliphatic carbocycles. The molecular weight excluding hydrogens is 353 g/mol. The Bertz CT molecular complexity index is 711. The number of rotatable bonds is 6. The largest absolute Gasteiger partial charge is 0.573 e. The molecule has 0 saturated carbocycles. The van der Waals surface area contributed by atoms with Crippen molar-refractivity contribution in [3.63, 3.8) is 0 Å². The highest BCUT2D eigenvalue weighted by molar-refractivity contribution is 7.09. The lowest BCUT2D eigenvalue weighted by Crippen LogP contribution is -2.31. The van der Waals surface area contributed by atoms with Crippen LogP contribution in [0.2, 0.25) is 0 Å². The maximum Gasteiger partial charge on any atom is 0.573 e. The van der Waals surface area contributed by atoms with Gasteiger partial charge in [0.05, 0.1) is 23.8 Å². The Labute approximate surface area is 147 Å². The molecule has 1 heterocycles. The molecular formula is C16H19F3N4OS. The van der Waals surface area contributed by atoms with E-state index in [0.29, 0.717) is 12.5 Å². The van der Waals surface area contributed by atoms with Gasteiger partial charge in [-0.15, -0.1) is 24.5 Å². The van der Waals surface area contributed by atoms with Crippen LogP contribution < -0.4 is 15.8 Å². The molecule has 2 aromatic rings. The first kappa shape index (κ1) is 19.0. The Balaban J connectivity index is 1.83. The van der Waals surface area contributed by atoms with Crippen molar-refractivity contribution in [2.45, 2.75) is 39.2 Å². The van der Waals surface area contributed by atoms with E-state index in [0.717, 1.165) is 16.3 Å². The predicted octanol–water partition coefficient (Wildman–Crippen LogP) is 3.77. The lowest BCUT2D eigenvalue weighted by molar-refractivity contribution is -0.274. The van der Waals surface area contributed by atoms with Crippen molar-refractivity contribution >= 4 is 17.3 Å². The molecule has 0 fully saturated rings. The molecule has 5 nitrogen and oxygen atoms in total. The van der Waals surface area contributed by atoms with E-state index in [1.165, 1.54) is 24.3 Å². The summed E-state index contributed by atoms with van der Waals surface area (Å²) in [4.78, 5) is 8.63. The molecule has 1 aromatic carbocycles. The van der Waals surface area contributed by atoms with Gasteiger partial charge in [0.2, 0.25) is 0 Å². The molecule has 9 heteroatoms. The summed E-state index contributed by atoms with van der Waals surface area (Å²) in [6, 6.07) is 5.50. The minimum atomic E-state index is -4.70. The van der Waals surface area contributed by atoms with Crippen LogP contribution in [0.4, 0.5) is 13.2 Å². The smallest absolute Gasteiger partial charge is 0.406 e. The van der Waals surface area contributed by atoms with Crippen LogP contribution in [0.25, 0.3) is 0 Å². The second-order valence-electron chi connectivity index (χ2n) is 5.58. The predicted molar refractivity (Wildman–Crippen MR) is 91.5 cm³/mol. The van der Waals surface area contributed by atoms with Crippen LogP contribution in [-0.2, 0) is 13.1 Å². The van der Waals surface area contributed by atoms with Gasteiger partial charge in [0.1, 0.15) is 5.75 Å². The Morgan fingerprint density at radius 3 is 2.56 bits per heavy atom. The molecule has 0 saturated heterocycles. The Morgan fingerprint density at radius 1 is 1.32 bits per heavy atom. The molecule has 0 amide bonds. The van der Waals surface area contributed by atoms with Gasteiger partial charge in [-0.25, -0.2) is 9.98 Å². The molecule has 136 valence electrons. The summed E-state index contributed by atoms with van der Waals surface area (Å²) in [5, 5.41) is 5.99. The Morgan fingerprint density at radius 2 is 2.00 bits per heavy atom. The number of benzene rings is 1. The summed E-state index contributed by atoms with van der Waals surface area (Å²) >= 11 is 1.60. The fourth-order valence-electron chi connectivity index (χ4n) is 1.88. The average Bonchev–Trinajstić information content (AvgIpc) is 3.00. The zero-order chi connectivity index (χ0) is 18.4. The number of guanidine groups is 1. The van der Waals surface area contributed by atoms with E-state index in [1.54, 1.807) is 11.3 Å². The average molecular weight is 372 g/mol. The third-order valence-electron chi connectivity index (χ3n) is 3.10. The van der Waals surface area contributed by atoms with Crippen LogP contribution in [0.3, 0.4) is 0 Å². The van der Waals surface area contributed by atoms with E-state index in [4.69, 9.17) is 5.73 Å². The molecule has 1 aromatic heterocycles. The van der Waals surface area contributed by atoms with Gasteiger partial charge in [-0.2, -0.15) is 0 Å². The molecule has 0 bridgehead atoms. The number of alkyl halides is 3. The van der Waals surface area contributed by atoms with Gasteiger partial charge in [-0.05, 0) is 17.7 Å². The number of hydrogen-bond acceptors (Lipinski definition) is 4. The number of nitrogens with one attached hydrogen (secondary N) is 1. The van der Waals surface area contributed by atoms with Gasteiger partial charge in [0, 0.05) is 11.3 Å². The number of thiazole rings is 1. The van der Waals surface area contributed by atoms with Crippen molar-refractivity contribution in [3.05, 3.63) is 45.9 Å². The van der Waals surface area contributed by atoms with E-state index >= 15 is 0 Å². The zero-order valence-corrected chi connectivity index (χ0v) is 14.6. The minimum absolute atomic E-state index is 0.245. The van der Waals surface area contributed by atoms with Crippen LogP contribution >= 0.6 is 11.3 Å². The third-order valence-corrected chi connectivity index (χ3v) is 4.30. The van der Waals surface area contributed by atoms with E-state index in [2.05, 4.69) is 33.9 Å². The molecule has 0 aliphatic rings. The summed E-state index contributed by atoms with van der Waals surface area (Å²) in [5.41, 5.74) is 7.40. The van der Waals surface area contributed by atoms with Gasteiger partial charge in [-0.1, -0.05) is 26.0 Å². The monoisotopic (exact) mass is 372 g/mol. The number of hydrogen-bond donors (Lipinski definition) is 2. The van der Waals surface area contributed by atoms with Gasteiger partial charge in [-0.3, -0.25) is 0 Å². The van der Waals surface area contributed by atoms with Crippen molar-refractivity contribution in [1.82, 2.24) is 10.3 Å². The first-order chi connectivity index (χ1) is 11.7. The summed E-state index contributed by atoms with van der Waals surface area (Å²) < 4.78 is 40.1. The quantitative estimate of drug-likeness (QED) is 0.598. The molecule has 0 atom stereocenters. The van der Waals surface area contributed by atoms with E-state index in [1.807, 2.05) is 5.38 Å². The van der Waals surface area contributed by atoms with Crippen molar-refractivity contribution in [3.8, 4) is 5.75 Å². The SMILES string of the molecule is CC(C)c1nc(CNC(N)=NCc2ccc(OC(F)(F)F)cc2)cs1. The zero-order valence-electron chi connectivity index (χ0n) is 13.8. The number of halogens is 3. The highest BCUT2D eigenvalue weighted by Crippen LogP contribution is 2.23. The summed E-state index contributed by atoms with van der Waals surface area (Å²) in [6.07, 6.45) is -4.70. The fourth-order valence-corrected chi connectivity index (χ4v) is 2.71. The van der Waals surface area contributed by atoms with Gasteiger partial charge in [0.25, 0.3) is 0 Å². The summed E-state index contributed by atoms with van der Waals surface area (Å²) in [6.45, 7) is 4.88. The van der Waals surface area contributed by atoms with E-state index < -0.39 is 6.36 Å². The molecule has 0 aliphatic heterocycles. The fraction of sp³-hybridized carbons (Fsp3) is 0.375. The molecule has 25 heavy (non-hydrogen) atoms. The molecule has 3 N–H and O–H groups in total. The third kappa shape index (κ3) is 6.61. The van der Waals surface area contributed by atoms with Crippen molar-refractivity contribution < 1.29 is 17.9 Å². The van der Waals surface area contributed by atoms with Gasteiger partial charge in [0.15, 0.2) is 5.96 Å². The maximum atomic E-state index is 12.1. The summed E-state index contributed by atoms with van der Waals surface area (Å²) in [5.74, 6) is 0.361. The highest BCUT2D eigenvalue weighted by atomic mass is 32.1. The Hall–Kier alpha value is -2.29. The molecule has 0 spiro atoms. The molecule has 2 rings (SSSR count). The standard InChI is InChI=1S/C16H19F3N4OS/c1-10(2)14-23-12(9-25-14)8-22-15(20)21-7-11-3-5-13(6-4-11)24-16(17,18)19/h3-6,9-10H,7-8H2,1-2H3,(H3,20,21,22). The normalized spacial score (nSPS) is 12.5. The Kier molecular flexibility index (Phi) is 6.24. The van der Waals surface area contributed by atoms with Crippen molar-refractivity contribution in [2.75, 3.05) is 0 Å². The first-order valence-corrected chi connectivity index (χ1v) is 8.43. The number of aromatic nitrogens is 1. The second-order valence-corrected chi connectivity index (χ2v) is 6.47. The van der Waals surface area contributed by atoms with Gasteiger partial charge >= 0.3 is 6.36 Å². The molecule has 0 unspecified atom stereocenters. The first-order valence-electron chi connectivity index (χ1n) is 7.55. The van der Waals surface area contributed by atoms with Crippen LogP contribution in [0.5, 0.6) is 5.75 Å². The van der Waals surface area contributed by atoms with Crippen molar-refractivity contribution in [2.24, 2.45) is 10.7 Å². The lowest BCUT2D eigenvalue weighted by atomic mass is 10.2. The topological polar surface area (TPSA) is 72.5 Å². The number of nitrogens with zero attached hydrogens (tertiary/aromatic N) is 2. The number of nitrogens with two attached hydrogens (primary N) is 1. The second kappa shape index (κ2) is 8.19. The van der Waals surface area contributed by atoms with E-state index in [9.17, 15) is 13.2 Å². The van der Waals surface area contributed by atoms with Crippen LogP contribution in [0, 0.1) is 0 Å². The molecule has 0 radical (unpaired) electrons. The lowest BCUT2D eigenvalue weighted by Gasteiger charge is -2.09. The summed E-state index contributed by atoms with van der Waals surface area (Å²) in [7, 11) is 0. The van der Waals surface area contributed by atoms with Crippen LogP contribution in [0.1, 0.15) is 36.0 Å². The number of ether oxygens (including phenoxy) is 1. The van der Waals surface area contributed by atoms with E-state index in [-0.39, 0.29) is 18.3 Å². The number of aliphatic imine (C=N–C) groups is 1. The maximum absolute atomic E-state index is 12.1. The minimum Gasteiger partial charge on any atom is -0.406 e. The van der Waals surface area contributed by atoms with Crippen LogP contribution in [-0.4, -0.2) is 17.3 Å². The van der Waals surface area contributed by atoms with Gasteiger partial charge < -0.3 is 15.8 Å². The highest BCUT2D eigenvalue weighted by Gasteiger charge is 2.30. The van der Waals surface area contributed by atoms with Crippen molar-refractivity contribution in [1.29, 1.82) is 0 Å². The van der Waals surface area contributed by atoms with Crippen LogP contribution in [0.15, 0.2) is 34.6 Å².